The molecule has 0 N–H and O–H groups in total. The molecule has 1 unspecified atom stereocenters. The van der Waals surface area contributed by atoms with Gasteiger partial charge in [-0.05, 0) is 12.1 Å². The molecule has 0 saturated carbocycles. The van der Waals surface area contributed by atoms with E-state index in [1.165, 1.54) is 0 Å². The molecule has 24 heavy (non-hydrogen) atoms. The van der Waals surface area contributed by atoms with Crippen LogP contribution in [0.3, 0.4) is 0 Å². The van der Waals surface area contributed by atoms with E-state index in [9.17, 15) is 13.6 Å². The zero-order chi connectivity index (χ0) is 17.0. The smallest absolute Gasteiger partial charge is 0.256 e. The first-order chi connectivity index (χ1) is 10.9. The number of nitrogens with zero attached hydrogens (tertiary/aromatic N) is 1. The van der Waals surface area contributed by atoms with E-state index in [0.29, 0.717) is 34.5 Å². The number of hydrogen-bond acceptors (Lipinski definition) is 2. The molecule has 1 radical (unpaired) electrons. The number of halogens is 3. The molecule has 0 bridgehead atoms. The molecule has 1 aliphatic heterocycles. The Kier molecular flexibility index (Phi) is 8.75. The number of carbonyl (C=O) groups excluding carboxylic acids is 1. The summed E-state index contributed by atoms with van der Waals surface area (Å²) in [6.07, 6.45) is 2.51. The van der Waals surface area contributed by atoms with Crippen LogP contribution < -0.4 is 4.74 Å². The van der Waals surface area contributed by atoms with Gasteiger partial charge in [0, 0.05) is 38.6 Å². The fraction of sp³-hybridized carbons (Fsp3) is 0.353. The second-order valence-electron chi connectivity index (χ2n) is 5.21. The van der Waals surface area contributed by atoms with E-state index in [1.54, 1.807) is 31.2 Å². The minimum absolute atomic E-state index is 0. The van der Waals surface area contributed by atoms with E-state index in [1.807, 2.05) is 0 Å². The van der Waals surface area contributed by atoms with Gasteiger partial charge in [-0.3, -0.25) is 4.79 Å². The summed E-state index contributed by atoms with van der Waals surface area (Å²) in [6.45, 7) is 5.03. The Morgan fingerprint density at radius 1 is 1.54 bits per heavy atom. The van der Waals surface area contributed by atoms with Gasteiger partial charge in [0.1, 0.15) is 12.4 Å². The van der Waals surface area contributed by atoms with Gasteiger partial charge in [-0.2, -0.15) is 0 Å². The van der Waals surface area contributed by atoms with Crippen LogP contribution in [0.15, 0.2) is 35.3 Å². The number of carbonyl (C=O) groups is 1. The minimum atomic E-state index is -2.60. The van der Waals surface area contributed by atoms with E-state index in [2.05, 4.69) is 28.6 Å². The number of ether oxygens (including phenoxy) is 1. The molecule has 1 amide bonds. The van der Waals surface area contributed by atoms with Crippen molar-refractivity contribution < 1.29 is 51.0 Å². The minimum Gasteiger partial charge on any atom is -0.490 e. The summed E-state index contributed by atoms with van der Waals surface area (Å²) in [6, 6.07) is 5.19. The number of allylic oxidation sites excluding steroid dienone is 1. The molecule has 1 aromatic rings. The Hall–Kier alpha value is -0.586. The Bertz CT molecular complexity index is 637. The molecule has 2 rings (SSSR count). The first kappa shape index (κ1) is 21.5. The van der Waals surface area contributed by atoms with Gasteiger partial charge < -0.3 is 9.64 Å². The van der Waals surface area contributed by atoms with E-state index in [-0.39, 0.29) is 44.5 Å². The van der Waals surface area contributed by atoms with Crippen LogP contribution in [0, 0.1) is 12.0 Å². The zero-order valence-corrected chi connectivity index (χ0v) is 17.7. The Morgan fingerprint density at radius 2 is 2.25 bits per heavy atom. The number of benzene rings is 1. The van der Waals surface area contributed by atoms with Gasteiger partial charge in [0.2, 0.25) is 5.91 Å². The first-order valence-electron chi connectivity index (χ1n) is 7.18. The summed E-state index contributed by atoms with van der Waals surface area (Å²) in [4.78, 5) is 13.4. The van der Waals surface area contributed by atoms with Crippen LogP contribution in [0.1, 0.15) is 18.9 Å². The van der Waals surface area contributed by atoms with Crippen molar-refractivity contribution in [3.63, 3.8) is 0 Å². The van der Waals surface area contributed by atoms with Crippen LogP contribution in [0.5, 0.6) is 5.75 Å². The van der Waals surface area contributed by atoms with Gasteiger partial charge in [-0.15, -0.1) is 17.3 Å². The van der Waals surface area contributed by atoms with Crippen molar-refractivity contribution in [2.24, 2.45) is 5.92 Å². The molecule has 1 atom stereocenters. The average molecular weight is 474 g/mol. The van der Waals surface area contributed by atoms with E-state index in [4.69, 9.17) is 4.74 Å². The van der Waals surface area contributed by atoms with Gasteiger partial charge in [-0.25, -0.2) is 14.9 Å². The predicted molar refractivity (Wildman–Crippen MR) is 88.0 cm³/mol. The number of alkyl halides is 2. The van der Waals surface area contributed by atoms with E-state index in [0.717, 1.165) is 4.90 Å². The second kappa shape index (κ2) is 9.78. The topological polar surface area (TPSA) is 29.5 Å². The molecular weight excluding hydrogens is 457 g/mol. The summed E-state index contributed by atoms with van der Waals surface area (Å²) in [5.74, 6) is -0.0264. The molecule has 0 saturated heterocycles. The maximum absolute atomic E-state index is 12.8. The monoisotopic (exact) mass is 473 g/mol. The maximum Gasteiger partial charge on any atom is 0.256 e. The Labute approximate surface area is 174 Å². The van der Waals surface area contributed by atoms with Crippen LogP contribution in [-0.2, 0) is 37.5 Å². The normalized spacial score (nSPS) is 17.4. The third-order valence-corrected chi connectivity index (χ3v) is 4.07. The molecule has 7 heteroatoms. The molecule has 0 aromatic heterocycles. The van der Waals surface area contributed by atoms with Gasteiger partial charge in [0.05, 0.1) is 6.54 Å². The van der Waals surface area contributed by atoms with Gasteiger partial charge in [0.25, 0.3) is 6.43 Å². The SMILES string of the molecule is C=CCOc1ccc(C2=[C-]CC(C)C(=O)N2CC(F)F)c(Br)c1.[Y]. The van der Waals surface area contributed by atoms with Gasteiger partial charge >= 0.3 is 0 Å². The van der Waals surface area contributed by atoms with Crippen molar-refractivity contribution in [2.75, 3.05) is 13.2 Å². The van der Waals surface area contributed by atoms with Crippen molar-refractivity contribution in [1.82, 2.24) is 4.90 Å². The first-order valence-corrected chi connectivity index (χ1v) is 7.97. The number of hydrogen-bond donors (Lipinski definition) is 0. The van der Waals surface area contributed by atoms with Crippen LogP contribution >= 0.6 is 15.9 Å². The molecule has 127 valence electrons. The largest absolute Gasteiger partial charge is 0.490 e. The van der Waals surface area contributed by atoms with E-state index < -0.39 is 13.0 Å². The molecule has 1 heterocycles. The quantitative estimate of drug-likeness (QED) is 0.455. The van der Waals surface area contributed by atoms with Crippen LogP contribution in [0.2, 0.25) is 0 Å². The van der Waals surface area contributed by atoms with E-state index >= 15 is 0 Å². The molecule has 0 fully saturated rings. The van der Waals surface area contributed by atoms with Crippen molar-refractivity contribution in [2.45, 2.75) is 19.8 Å². The molecule has 1 aliphatic rings. The van der Waals surface area contributed by atoms with Crippen molar-refractivity contribution in [3.05, 3.63) is 47.0 Å². The summed E-state index contributed by atoms with van der Waals surface area (Å²) in [5, 5.41) is 0. The molecule has 0 spiro atoms. The summed E-state index contributed by atoms with van der Waals surface area (Å²) < 4.78 is 31.8. The second-order valence-corrected chi connectivity index (χ2v) is 6.07. The standard InChI is InChI=1S/C17H17BrF2NO2.Y/c1-3-8-23-12-5-6-13(14(18)9-12)15-7-4-11(2)17(22)21(15)10-16(19)20;/h3,5-6,9,11,16H,1,4,8,10H2,2H3;/q-1;. The predicted octanol–water partition coefficient (Wildman–Crippen LogP) is 4.29. The molecular formula is C17H17BrF2NO2Y-. The van der Waals surface area contributed by atoms with Gasteiger partial charge in [0.15, 0.2) is 0 Å². The van der Waals surface area contributed by atoms with Crippen molar-refractivity contribution in [3.8, 4) is 5.75 Å². The van der Waals surface area contributed by atoms with Crippen LogP contribution in [0.4, 0.5) is 8.78 Å². The Morgan fingerprint density at radius 3 is 2.83 bits per heavy atom. The fourth-order valence-electron chi connectivity index (χ4n) is 2.30. The maximum atomic E-state index is 12.8. The average Bonchev–Trinajstić information content (AvgIpc) is 2.50. The van der Waals surface area contributed by atoms with Crippen LogP contribution in [0.25, 0.3) is 5.70 Å². The zero-order valence-electron chi connectivity index (χ0n) is 13.3. The molecule has 0 aliphatic carbocycles. The summed E-state index contributed by atoms with van der Waals surface area (Å²) in [7, 11) is 0. The number of rotatable bonds is 6. The van der Waals surface area contributed by atoms with Gasteiger partial charge in [-0.1, -0.05) is 46.4 Å². The Balaban J connectivity index is 0.00000288. The molecule has 1 aromatic carbocycles. The van der Waals surface area contributed by atoms with Crippen molar-refractivity contribution >= 4 is 27.5 Å². The third kappa shape index (κ3) is 5.20. The third-order valence-electron chi connectivity index (χ3n) is 3.42. The number of amides is 1. The summed E-state index contributed by atoms with van der Waals surface area (Å²) in [5.41, 5.74) is 1.02. The van der Waals surface area contributed by atoms with Crippen LogP contribution in [-0.4, -0.2) is 30.4 Å². The fourth-order valence-corrected chi connectivity index (χ4v) is 2.85. The molecule has 3 nitrogen and oxygen atoms in total. The summed E-state index contributed by atoms with van der Waals surface area (Å²) >= 11 is 3.41. The van der Waals surface area contributed by atoms with Crippen molar-refractivity contribution in [1.29, 1.82) is 0 Å².